The van der Waals surface area contributed by atoms with Crippen LogP contribution in [0, 0.1) is 10.1 Å². The van der Waals surface area contributed by atoms with Gasteiger partial charge in [0.15, 0.2) is 0 Å². The van der Waals surface area contributed by atoms with E-state index in [0.29, 0.717) is 11.3 Å². The Hall–Kier alpha value is -3.02. The summed E-state index contributed by atoms with van der Waals surface area (Å²) in [5, 5.41) is 11.6. The molecule has 0 atom stereocenters. The molecule has 3 rings (SSSR count). The molecule has 0 aliphatic rings. The van der Waals surface area contributed by atoms with Crippen molar-refractivity contribution < 1.29 is 4.92 Å². The summed E-state index contributed by atoms with van der Waals surface area (Å²) in [7, 11) is 1.90. The first kappa shape index (κ1) is 13.0. The van der Waals surface area contributed by atoms with Crippen molar-refractivity contribution in [2.75, 3.05) is 11.9 Å². The molecule has 21 heavy (non-hydrogen) atoms. The van der Waals surface area contributed by atoms with Crippen LogP contribution in [0.4, 0.5) is 17.2 Å². The number of nitro benzene ring substituents is 1. The number of fused-ring (bicyclic) bond motifs is 1. The normalized spacial score (nSPS) is 10.5. The smallest absolute Gasteiger partial charge is 0.271 e. The summed E-state index contributed by atoms with van der Waals surface area (Å²) in [5.41, 5.74) is 1.56. The highest BCUT2D eigenvalue weighted by atomic mass is 16.6. The van der Waals surface area contributed by atoms with Gasteiger partial charge < -0.3 is 4.90 Å². The molecular weight excluding hydrogens is 268 g/mol. The van der Waals surface area contributed by atoms with Gasteiger partial charge in [0.1, 0.15) is 12.1 Å². The average Bonchev–Trinajstić information content (AvgIpc) is 2.54. The Kier molecular flexibility index (Phi) is 3.19. The molecule has 0 N–H and O–H groups in total. The van der Waals surface area contributed by atoms with Crippen LogP contribution in [0.5, 0.6) is 0 Å². The van der Waals surface area contributed by atoms with Gasteiger partial charge in [-0.2, -0.15) is 0 Å². The van der Waals surface area contributed by atoms with Gasteiger partial charge in [-0.15, -0.1) is 0 Å². The molecule has 3 aromatic rings. The van der Waals surface area contributed by atoms with E-state index >= 15 is 0 Å². The van der Waals surface area contributed by atoms with E-state index in [2.05, 4.69) is 9.97 Å². The number of rotatable bonds is 3. The maximum Gasteiger partial charge on any atom is 0.271 e. The lowest BCUT2D eigenvalue weighted by Gasteiger charge is -2.19. The molecule has 0 amide bonds. The van der Waals surface area contributed by atoms with Crippen LogP contribution in [-0.2, 0) is 0 Å². The van der Waals surface area contributed by atoms with Gasteiger partial charge in [-0.3, -0.25) is 10.1 Å². The Morgan fingerprint density at radius 3 is 2.57 bits per heavy atom. The molecule has 6 heteroatoms. The van der Waals surface area contributed by atoms with Crippen molar-refractivity contribution in [2.45, 2.75) is 0 Å². The minimum absolute atomic E-state index is 0.0227. The Morgan fingerprint density at radius 1 is 1.10 bits per heavy atom. The fraction of sp³-hybridized carbons (Fsp3) is 0.0667. The maximum absolute atomic E-state index is 10.8. The average molecular weight is 280 g/mol. The fourth-order valence-corrected chi connectivity index (χ4v) is 2.19. The summed E-state index contributed by atoms with van der Waals surface area (Å²) in [4.78, 5) is 20.8. The van der Waals surface area contributed by atoms with Gasteiger partial charge >= 0.3 is 0 Å². The number of aromatic nitrogens is 2. The highest BCUT2D eigenvalue weighted by Gasteiger charge is 2.13. The van der Waals surface area contributed by atoms with Crippen LogP contribution in [-0.4, -0.2) is 21.9 Å². The Morgan fingerprint density at radius 2 is 1.86 bits per heavy atom. The summed E-state index contributed by atoms with van der Waals surface area (Å²) in [6.07, 6.45) is 1.42. The molecule has 0 fully saturated rings. The lowest BCUT2D eigenvalue weighted by Crippen LogP contribution is -2.11. The third kappa shape index (κ3) is 2.38. The number of benzene rings is 2. The second-order valence-corrected chi connectivity index (χ2v) is 4.55. The van der Waals surface area contributed by atoms with E-state index in [4.69, 9.17) is 0 Å². The number of anilines is 2. The van der Waals surface area contributed by atoms with E-state index in [1.165, 1.54) is 18.5 Å². The standard InChI is InChI=1S/C15H12N4O2/c1-18(11-5-3-2-4-6-11)15-13-8-7-12(19(20)21)9-14(13)16-10-17-15/h2-10H,1H3. The first-order chi connectivity index (χ1) is 10.2. The predicted octanol–water partition coefficient (Wildman–Crippen LogP) is 3.31. The van der Waals surface area contributed by atoms with Gasteiger partial charge in [-0.05, 0) is 18.2 Å². The molecule has 1 heterocycles. The highest BCUT2D eigenvalue weighted by Crippen LogP contribution is 2.29. The van der Waals surface area contributed by atoms with Crippen molar-refractivity contribution in [3.8, 4) is 0 Å². The number of nitro groups is 1. The van der Waals surface area contributed by atoms with E-state index in [-0.39, 0.29) is 5.69 Å². The third-order valence-electron chi connectivity index (χ3n) is 3.27. The van der Waals surface area contributed by atoms with E-state index in [1.807, 2.05) is 42.3 Å². The van der Waals surface area contributed by atoms with Crippen LogP contribution in [0.15, 0.2) is 54.9 Å². The molecule has 0 aliphatic carbocycles. The van der Waals surface area contributed by atoms with Gasteiger partial charge in [0, 0.05) is 30.3 Å². The van der Waals surface area contributed by atoms with E-state index in [9.17, 15) is 10.1 Å². The largest absolute Gasteiger partial charge is 0.329 e. The number of non-ortho nitro benzene ring substituents is 1. The number of hydrogen-bond acceptors (Lipinski definition) is 5. The zero-order valence-electron chi connectivity index (χ0n) is 11.3. The Balaban J connectivity index is 2.13. The lowest BCUT2D eigenvalue weighted by molar-refractivity contribution is -0.384. The van der Waals surface area contributed by atoms with Gasteiger partial charge in [0.25, 0.3) is 5.69 Å². The van der Waals surface area contributed by atoms with Crippen molar-refractivity contribution in [3.05, 3.63) is 65.0 Å². The van der Waals surface area contributed by atoms with Gasteiger partial charge in [0.2, 0.25) is 0 Å². The summed E-state index contributed by atoms with van der Waals surface area (Å²) in [6, 6.07) is 14.4. The molecule has 1 aromatic heterocycles. The Bertz CT molecular complexity index is 805. The van der Waals surface area contributed by atoms with Crippen molar-refractivity contribution in [2.24, 2.45) is 0 Å². The maximum atomic E-state index is 10.8. The second kappa shape index (κ2) is 5.16. The highest BCUT2D eigenvalue weighted by molar-refractivity contribution is 5.92. The fourth-order valence-electron chi connectivity index (χ4n) is 2.19. The first-order valence-electron chi connectivity index (χ1n) is 6.35. The lowest BCUT2D eigenvalue weighted by atomic mass is 10.2. The summed E-state index contributed by atoms with van der Waals surface area (Å²) in [6.45, 7) is 0. The van der Waals surface area contributed by atoms with Gasteiger partial charge in [-0.25, -0.2) is 9.97 Å². The molecule has 0 radical (unpaired) electrons. The third-order valence-corrected chi connectivity index (χ3v) is 3.27. The molecule has 0 spiro atoms. The minimum atomic E-state index is -0.428. The monoisotopic (exact) mass is 280 g/mol. The van der Waals surface area contributed by atoms with Gasteiger partial charge in [0.05, 0.1) is 10.4 Å². The van der Waals surface area contributed by atoms with Gasteiger partial charge in [-0.1, -0.05) is 18.2 Å². The SMILES string of the molecule is CN(c1ccccc1)c1ncnc2cc([N+](=O)[O-])ccc12. The molecule has 0 aliphatic heterocycles. The minimum Gasteiger partial charge on any atom is -0.329 e. The zero-order chi connectivity index (χ0) is 14.8. The number of hydrogen-bond donors (Lipinski definition) is 0. The van der Waals surface area contributed by atoms with Crippen LogP contribution >= 0.6 is 0 Å². The first-order valence-corrected chi connectivity index (χ1v) is 6.35. The Labute approximate surface area is 120 Å². The number of nitrogens with zero attached hydrogens (tertiary/aromatic N) is 4. The molecule has 0 saturated carbocycles. The summed E-state index contributed by atoms with van der Waals surface area (Å²) < 4.78 is 0. The van der Waals surface area contributed by atoms with Crippen molar-refractivity contribution in [1.82, 2.24) is 9.97 Å². The van der Waals surface area contributed by atoms with E-state index in [1.54, 1.807) is 6.07 Å². The summed E-state index contributed by atoms with van der Waals surface area (Å²) >= 11 is 0. The van der Waals surface area contributed by atoms with Crippen molar-refractivity contribution in [3.63, 3.8) is 0 Å². The van der Waals surface area contributed by atoms with Crippen molar-refractivity contribution >= 4 is 28.1 Å². The van der Waals surface area contributed by atoms with Crippen LogP contribution < -0.4 is 4.90 Å². The van der Waals surface area contributed by atoms with Crippen LogP contribution in [0.3, 0.4) is 0 Å². The molecule has 0 bridgehead atoms. The second-order valence-electron chi connectivity index (χ2n) is 4.55. The molecule has 104 valence electrons. The van der Waals surface area contributed by atoms with Crippen molar-refractivity contribution in [1.29, 1.82) is 0 Å². The van der Waals surface area contributed by atoms with E-state index < -0.39 is 4.92 Å². The predicted molar refractivity (Wildman–Crippen MR) is 80.7 cm³/mol. The van der Waals surface area contributed by atoms with Crippen LogP contribution in [0.1, 0.15) is 0 Å². The van der Waals surface area contributed by atoms with Crippen LogP contribution in [0.25, 0.3) is 10.9 Å². The quantitative estimate of drug-likeness (QED) is 0.543. The molecule has 2 aromatic carbocycles. The summed E-state index contributed by atoms with van der Waals surface area (Å²) in [5.74, 6) is 0.709. The zero-order valence-corrected chi connectivity index (χ0v) is 11.3. The topological polar surface area (TPSA) is 72.2 Å². The molecule has 0 saturated heterocycles. The van der Waals surface area contributed by atoms with E-state index in [0.717, 1.165) is 11.1 Å². The molecular formula is C15H12N4O2. The molecule has 6 nitrogen and oxygen atoms in total. The van der Waals surface area contributed by atoms with Crippen LogP contribution in [0.2, 0.25) is 0 Å². The molecule has 0 unspecified atom stereocenters. The number of para-hydroxylation sites is 1.